The van der Waals surface area contributed by atoms with Crippen LogP contribution in [0.3, 0.4) is 0 Å². The Labute approximate surface area is 486 Å². The molecule has 4 atom stereocenters. The van der Waals surface area contributed by atoms with Crippen LogP contribution < -0.4 is 26.0 Å². The van der Waals surface area contributed by atoms with E-state index in [4.69, 9.17) is 9.72 Å². The number of halogens is 2. The van der Waals surface area contributed by atoms with Gasteiger partial charge in [0.2, 0.25) is 23.6 Å². The molecular formula is C61H74F2N12O7S. The van der Waals surface area contributed by atoms with E-state index in [0.29, 0.717) is 75.8 Å². The van der Waals surface area contributed by atoms with Crippen molar-refractivity contribution in [2.45, 2.75) is 105 Å². The lowest BCUT2D eigenvalue weighted by Gasteiger charge is -2.40. The zero-order valence-electron chi connectivity index (χ0n) is 48.5. The maximum atomic E-state index is 16.9. The molecule has 0 radical (unpaired) electrons. The van der Waals surface area contributed by atoms with E-state index < -0.39 is 46.8 Å². The second kappa shape index (κ2) is 25.5. The molecule has 7 heterocycles. The van der Waals surface area contributed by atoms with Crippen LogP contribution in [0, 0.1) is 30.9 Å². The van der Waals surface area contributed by atoms with Gasteiger partial charge in [-0.05, 0) is 79.1 Å². The summed E-state index contributed by atoms with van der Waals surface area (Å²) in [5, 5.41) is 16.8. The van der Waals surface area contributed by atoms with E-state index in [1.807, 2.05) is 84.6 Å². The topological polar surface area (TPSA) is 212 Å². The Kier molecular flexibility index (Phi) is 18.5. The predicted octanol–water partition coefficient (Wildman–Crippen LogP) is 6.40. The summed E-state index contributed by atoms with van der Waals surface area (Å²) in [6.45, 7) is 23.5. The van der Waals surface area contributed by atoms with Gasteiger partial charge in [-0.2, -0.15) is 4.98 Å². The third-order valence-electron chi connectivity index (χ3n) is 15.8. The molecule has 83 heavy (non-hydrogen) atoms. The van der Waals surface area contributed by atoms with Crippen molar-refractivity contribution in [3.05, 3.63) is 124 Å². The number of thiazole rings is 1. The SMILES string of the molecule is C=CC(=O)N1CCN(c2nc(=O)n(-c3c(C)ccnc3C(C)C)c3nc(-c4c(F)cccc4OCCN4CCN(CCC(=O)N[C@H](C(=O)N5C[C@H](O)C[C@H]5C(=O)NCc5ccc(-c6scnc6C)cc5)C(C)(C)C)CC4)c(F)cc23)[C@@H](C)C1. The van der Waals surface area contributed by atoms with Crippen LogP contribution in [0.5, 0.6) is 5.75 Å². The van der Waals surface area contributed by atoms with Crippen molar-refractivity contribution in [2.24, 2.45) is 5.41 Å². The molecule has 3 N–H and O–H groups in total. The number of anilines is 1. The third kappa shape index (κ3) is 13.3. The van der Waals surface area contributed by atoms with Crippen LogP contribution in [0.2, 0.25) is 0 Å². The minimum absolute atomic E-state index is 0.0290. The van der Waals surface area contributed by atoms with Gasteiger partial charge in [-0.15, -0.1) is 11.3 Å². The Hall–Kier alpha value is -7.53. The van der Waals surface area contributed by atoms with Crippen molar-refractivity contribution < 1.29 is 37.8 Å². The lowest BCUT2D eigenvalue weighted by molar-refractivity contribution is -0.144. The highest BCUT2D eigenvalue weighted by molar-refractivity contribution is 7.13. The number of nitrogens with one attached hydrogen (secondary N) is 2. The summed E-state index contributed by atoms with van der Waals surface area (Å²) in [6.07, 6.45) is 2.23. The molecule has 0 spiro atoms. The van der Waals surface area contributed by atoms with Crippen LogP contribution in [0.1, 0.15) is 82.8 Å². The molecule has 22 heteroatoms. The van der Waals surface area contributed by atoms with Gasteiger partial charge >= 0.3 is 5.69 Å². The first kappa shape index (κ1) is 60.1. The van der Waals surface area contributed by atoms with E-state index in [1.165, 1.54) is 33.7 Å². The summed E-state index contributed by atoms with van der Waals surface area (Å²) < 4.78 is 40.8. The number of amides is 4. The fourth-order valence-electron chi connectivity index (χ4n) is 11.2. The molecule has 0 aliphatic carbocycles. The van der Waals surface area contributed by atoms with Crippen molar-refractivity contribution in [1.29, 1.82) is 0 Å². The quantitative estimate of drug-likeness (QED) is 0.0796. The maximum Gasteiger partial charge on any atom is 0.355 e. The molecule has 440 valence electrons. The normalized spacial score (nSPS) is 18.4. The molecule has 0 bridgehead atoms. The van der Waals surface area contributed by atoms with Gasteiger partial charge in [0.25, 0.3) is 0 Å². The van der Waals surface area contributed by atoms with Gasteiger partial charge in [0.1, 0.15) is 41.8 Å². The van der Waals surface area contributed by atoms with Crippen LogP contribution in [0.4, 0.5) is 14.6 Å². The van der Waals surface area contributed by atoms with E-state index >= 15 is 8.78 Å². The summed E-state index contributed by atoms with van der Waals surface area (Å²) in [5.74, 6) is -2.86. The molecule has 4 amide bonds. The molecule has 6 aromatic rings. The second-order valence-corrected chi connectivity index (χ2v) is 24.0. The summed E-state index contributed by atoms with van der Waals surface area (Å²) in [6, 6.07) is 12.9. The van der Waals surface area contributed by atoms with E-state index in [0.717, 1.165) is 21.7 Å². The van der Waals surface area contributed by atoms with Crippen molar-refractivity contribution in [2.75, 3.05) is 77.0 Å². The molecule has 2 aromatic carbocycles. The van der Waals surface area contributed by atoms with Gasteiger partial charge in [0.15, 0.2) is 11.5 Å². The van der Waals surface area contributed by atoms with Crippen LogP contribution in [-0.2, 0) is 25.7 Å². The number of nitrogens with zero attached hydrogens (tertiary/aromatic N) is 10. The highest BCUT2D eigenvalue weighted by Crippen LogP contribution is 2.38. The van der Waals surface area contributed by atoms with Gasteiger partial charge < -0.3 is 40.1 Å². The van der Waals surface area contributed by atoms with Gasteiger partial charge in [0, 0.05) is 97.1 Å². The second-order valence-electron chi connectivity index (χ2n) is 23.1. The number of hydrogen-bond acceptors (Lipinski definition) is 15. The molecule has 3 aliphatic rings. The minimum Gasteiger partial charge on any atom is -0.491 e. The Morgan fingerprint density at radius 1 is 0.928 bits per heavy atom. The van der Waals surface area contributed by atoms with E-state index in [2.05, 4.69) is 42.0 Å². The first-order valence-electron chi connectivity index (χ1n) is 28.3. The van der Waals surface area contributed by atoms with Crippen LogP contribution in [0.25, 0.3) is 38.4 Å². The maximum absolute atomic E-state index is 16.9. The number of aromatic nitrogens is 5. The number of pyridine rings is 2. The summed E-state index contributed by atoms with van der Waals surface area (Å²) >= 11 is 1.56. The predicted molar refractivity (Wildman–Crippen MR) is 315 cm³/mol. The standard InChI is InChI=1S/C61H74F2N12O7S/c1-10-49(78)72-26-27-73(38(5)33-72)56-43-31-45(63)52(68-57(43)75(60(81)69-56)53-37(4)18-20-64-51(53)36(2)3)50-44(62)12-11-13-47(50)82-29-28-71-24-22-70(23-25-71)21-19-48(77)67-55(61(7,8)9)59(80)74-34-42(76)30-46(74)58(79)65-32-40-14-16-41(17-15-40)54-39(6)66-35-83-54/h10-18,20,31,35-36,38,42,46,55,76H,1,19,21-30,32-34H2,2-9H3,(H,65,79)(H,67,77)/t38-,42+,46-,55+/m0/s1. The summed E-state index contributed by atoms with van der Waals surface area (Å²) in [7, 11) is 0. The largest absolute Gasteiger partial charge is 0.491 e. The van der Waals surface area contributed by atoms with Gasteiger partial charge in [-0.3, -0.25) is 29.1 Å². The number of benzene rings is 2. The van der Waals surface area contributed by atoms with Crippen LogP contribution in [0.15, 0.2) is 83.8 Å². The minimum atomic E-state index is -0.957. The van der Waals surface area contributed by atoms with Crippen LogP contribution >= 0.6 is 11.3 Å². The van der Waals surface area contributed by atoms with Crippen molar-refractivity contribution >= 4 is 51.8 Å². The number of β-amino-alcohol motifs (C(OH)–C–C–N with tert-alkyl or cyclic N) is 1. The summed E-state index contributed by atoms with van der Waals surface area (Å²) in [5.41, 5.74) is 4.51. The average molecular weight is 1160 g/mol. The van der Waals surface area contributed by atoms with Crippen molar-refractivity contribution in [3.63, 3.8) is 0 Å². The van der Waals surface area contributed by atoms with Gasteiger partial charge in [-0.1, -0.05) is 71.5 Å². The van der Waals surface area contributed by atoms with Crippen LogP contribution in [-0.4, -0.2) is 169 Å². The summed E-state index contributed by atoms with van der Waals surface area (Å²) in [4.78, 5) is 97.2. The van der Waals surface area contributed by atoms with E-state index in [-0.39, 0.29) is 96.1 Å². The molecule has 9 rings (SSSR count). The molecule has 0 saturated carbocycles. The molecule has 3 saturated heterocycles. The van der Waals surface area contributed by atoms with Crippen molar-refractivity contribution in [3.8, 4) is 33.1 Å². The lowest BCUT2D eigenvalue weighted by atomic mass is 9.85. The molecule has 0 unspecified atom stereocenters. The number of hydrogen-bond donors (Lipinski definition) is 3. The first-order chi connectivity index (χ1) is 39.6. The smallest absolute Gasteiger partial charge is 0.355 e. The number of aliphatic hydroxyl groups is 1. The molecule has 4 aromatic heterocycles. The molecule has 19 nitrogen and oxygen atoms in total. The van der Waals surface area contributed by atoms with E-state index in [1.54, 1.807) is 40.1 Å². The first-order valence-corrected chi connectivity index (χ1v) is 29.2. The number of aliphatic hydroxyl groups excluding tert-OH is 1. The van der Waals surface area contributed by atoms with E-state index in [9.17, 15) is 29.1 Å². The molecule has 3 aliphatic heterocycles. The van der Waals surface area contributed by atoms with Gasteiger partial charge in [-0.25, -0.2) is 28.1 Å². The molecule has 3 fully saturated rings. The Morgan fingerprint density at radius 3 is 2.31 bits per heavy atom. The number of likely N-dealkylation sites (tertiary alicyclic amines) is 1. The third-order valence-corrected chi connectivity index (χ3v) is 16.8. The fourth-order valence-corrected chi connectivity index (χ4v) is 12.0. The number of ether oxygens (including phenoxy) is 1. The zero-order valence-corrected chi connectivity index (χ0v) is 49.3. The zero-order chi connectivity index (χ0) is 59.4. The highest BCUT2D eigenvalue weighted by Gasteiger charge is 2.44. The fraction of sp³-hybridized carbons (Fsp3) is 0.459. The Bertz CT molecular complexity index is 3450. The number of carbonyl (C=O) groups excluding carboxylic acids is 4. The number of rotatable bonds is 18. The average Bonchev–Trinajstić information content (AvgIpc) is 4.03. The van der Waals surface area contributed by atoms with Gasteiger partial charge in [0.05, 0.1) is 44.5 Å². The highest BCUT2D eigenvalue weighted by atomic mass is 32.1. The lowest BCUT2D eigenvalue weighted by Crippen LogP contribution is -2.58. The Balaban J connectivity index is 0.825. The monoisotopic (exact) mass is 1160 g/mol. The number of aryl methyl sites for hydroxylation is 2. The van der Waals surface area contributed by atoms with Crippen molar-refractivity contribution in [1.82, 2.24) is 54.7 Å². The molecular weight excluding hydrogens is 1080 g/mol. The number of carbonyl (C=O) groups is 4. The number of piperazine rings is 2. The number of fused-ring (bicyclic) bond motifs is 1. The Morgan fingerprint density at radius 2 is 1.65 bits per heavy atom.